The van der Waals surface area contributed by atoms with E-state index in [-0.39, 0.29) is 6.61 Å². The molecule has 0 saturated heterocycles. The molecule has 10 heavy (non-hydrogen) atoms. The van der Waals surface area contributed by atoms with Crippen LogP contribution in [0.3, 0.4) is 0 Å². The summed E-state index contributed by atoms with van der Waals surface area (Å²) in [5.41, 5.74) is 0. The van der Waals surface area contributed by atoms with E-state index < -0.39 is 6.67 Å². The zero-order valence-corrected chi connectivity index (χ0v) is 6.77. The highest BCUT2D eigenvalue weighted by Crippen LogP contribution is 2.05. The van der Waals surface area contributed by atoms with Gasteiger partial charge in [0, 0.05) is 0 Å². The minimum Gasteiger partial charge on any atom is -0.373 e. The van der Waals surface area contributed by atoms with E-state index in [0.29, 0.717) is 5.92 Å². The lowest BCUT2D eigenvalue weighted by Gasteiger charge is -2.02. The van der Waals surface area contributed by atoms with Crippen molar-refractivity contribution in [3.63, 3.8) is 0 Å². The quantitative estimate of drug-likeness (QED) is 0.525. The minimum atomic E-state index is -0.391. The second-order valence-corrected chi connectivity index (χ2v) is 2.70. The molecule has 0 amide bonds. The van der Waals surface area contributed by atoms with E-state index in [1.165, 1.54) is 0 Å². The molecule has 61 valence electrons. The lowest BCUT2D eigenvalue weighted by Crippen LogP contribution is -1.94. The third-order valence-electron chi connectivity index (χ3n) is 1.17. The number of hydrogen-bond donors (Lipinski definition) is 0. The number of halogens is 1. The van der Waals surface area contributed by atoms with Crippen LogP contribution in [0.15, 0.2) is 0 Å². The molecular formula is C8H16FO. The van der Waals surface area contributed by atoms with E-state index >= 15 is 0 Å². The molecule has 0 aromatic rings. The molecule has 0 bridgehead atoms. The Kier molecular flexibility index (Phi) is 6.93. The second-order valence-electron chi connectivity index (χ2n) is 2.70. The molecule has 0 aromatic carbocycles. The monoisotopic (exact) mass is 147 g/mol. The minimum absolute atomic E-state index is 0.206. The molecule has 0 aliphatic heterocycles. The molecule has 0 fully saturated rings. The summed E-state index contributed by atoms with van der Waals surface area (Å²) in [6.45, 7) is 5.82. The van der Waals surface area contributed by atoms with E-state index in [0.717, 1.165) is 12.8 Å². The maximum absolute atomic E-state index is 11.4. The van der Waals surface area contributed by atoms with Crippen molar-refractivity contribution >= 4 is 0 Å². The Balaban J connectivity index is 2.77. The molecule has 0 unspecified atom stereocenters. The van der Waals surface area contributed by atoms with Crippen LogP contribution in [0.4, 0.5) is 4.39 Å². The maximum atomic E-state index is 11.4. The Morgan fingerprint density at radius 3 is 2.70 bits per heavy atom. The SMILES string of the molecule is CC(C)CC[CH]OCCF. The van der Waals surface area contributed by atoms with Crippen LogP contribution in [-0.2, 0) is 4.74 Å². The molecule has 0 aromatic heterocycles. The summed E-state index contributed by atoms with van der Waals surface area (Å²) in [6.07, 6.45) is 2.05. The first-order valence-corrected chi connectivity index (χ1v) is 3.76. The summed E-state index contributed by atoms with van der Waals surface area (Å²) >= 11 is 0. The van der Waals surface area contributed by atoms with Crippen molar-refractivity contribution in [2.24, 2.45) is 5.92 Å². The summed E-state index contributed by atoms with van der Waals surface area (Å²) in [5, 5.41) is 0. The average Bonchev–Trinajstić information content (AvgIpc) is 1.87. The molecule has 1 radical (unpaired) electrons. The molecule has 0 saturated carbocycles. The first kappa shape index (κ1) is 9.89. The van der Waals surface area contributed by atoms with Crippen LogP contribution in [0.25, 0.3) is 0 Å². The van der Waals surface area contributed by atoms with Crippen LogP contribution in [-0.4, -0.2) is 13.3 Å². The van der Waals surface area contributed by atoms with E-state index in [1.807, 2.05) is 0 Å². The first-order valence-electron chi connectivity index (χ1n) is 3.76. The van der Waals surface area contributed by atoms with Crippen molar-refractivity contribution in [3.05, 3.63) is 6.61 Å². The number of hydrogen-bond acceptors (Lipinski definition) is 1. The van der Waals surface area contributed by atoms with Crippen molar-refractivity contribution in [2.45, 2.75) is 26.7 Å². The number of rotatable bonds is 6. The predicted molar refractivity (Wildman–Crippen MR) is 40.3 cm³/mol. The van der Waals surface area contributed by atoms with Gasteiger partial charge in [0.2, 0.25) is 0 Å². The van der Waals surface area contributed by atoms with Crippen molar-refractivity contribution in [2.75, 3.05) is 13.3 Å². The van der Waals surface area contributed by atoms with Crippen LogP contribution in [0.5, 0.6) is 0 Å². The summed E-state index contributed by atoms with van der Waals surface area (Å²) in [6, 6.07) is 0. The van der Waals surface area contributed by atoms with Crippen LogP contribution in [0.2, 0.25) is 0 Å². The van der Waals surface area contributed by atoms with Crippen molar-refractivity contribution in [1.82, 2.24) is 0 Å². The largest absolute Gasteiger partial charge is 0.373 e. The molecule has 1 nitrogen and oxygen atoms in total. The van der Waals surface area contributed by atoms with Gasteiger partial charge in [0.25, 0.3) is 0 Å². The molecule has 0 rings (SSSR count). The molecule has 2 heteroatoms. The molecule has 0 aliphatic carbocycles. The summed E-state index contributed by atoms with van der Waals surface area (Å²) in [4.78, 5) is 0. The summed E-state index contributed by atoms with van der Waals surface area (Å²) in [7, 11) is 0. The third kappa shape index (κ3) is 7.89. The topological polar surface area (TPSA) is 9.23 Å². The fraction of sp³-hybridized carbons (Fsp3) is 0.875. The zero-order chi connectivity index (χ0) is 7.82. The molecular weight excluding hydrogens is 131 g/mol. The maximum Gasteiger partial charge on any atom is 0.113 e. The van der Waals surface area contributed by atoms with Crippen LogP contribution < -0.4 is 0 Å². The first-order chi connectivity index (χ1) is 4.77. The zero-order valence-electron chi connectivity index (χ0n) is 6.77. The van der Waals surface area contributed by atoms with Crippen LogP contribution in [0, 0.1) is 12.5 Å². The van der Waals surface area contributed by atoms with Gasteiger partial charge in [-0.05, 0) is 18.8 Å². The number of alkyl halides is 1. The molecule has 0 spiro atoms. The molecule has 0 atom stereocenters. The Labute approximate surface area is 62.6 Å². The van der Waals surface area contributed by atoms with E-state index in [1.54, 1.807) is 6.61 Å². The van der Waals surface area contributed by atoms with E-state index in [4.69, 9.17) is 4.74 Å². The van der Waals surface area contributed by atoms with Gasteiger partial charge in [-0.3, -0.25) is 0 Å². The van der Waals surface area contributed by atoms with Crippen molar-refractivity contribution in [3.8, 4) is 0 Å². The highest BCUT2D eigenvalue weighted by atomic mass is 19.1. The fourth-order valence-electron chi connectivity index (χ4n) is 0.613. The van der Waals surface area contributed by atoms with Gasteiger partial charge in [-0.25, -0.2) is 4.39 Å². The summed E-state index contributed by atoms with van der Waals surface area (Å²) in [5.74, 6) is 0.699. The highest BCUT2D eigenvalue weighted by molar-refractivity contribution is 4.53. The van der Waals surface area contributed by atoms with Crippen molar-refractivity contribution < 1.29 is 9.13 Å². The standard InChI is InChI=1S/C8H16FO/c1-8(2)4-3-6-10-7-5-9/h6,8H,3-5,7H2,1-2H3. The Bertz CT molecular complexity index is 64.3. The van der Waals surface area contributed by atoms with Crippen LogP contribution >= 0.6 is 0 Å². The van der Waals surface area contributed by atoms with E-state index in [2.05, 4.69) is 13.8 Å². The van der Waals surface area contributed by atoms with Gasteiger partial charge in [0.1, 0.15) is 6.67 Å². The van der Waals surface area contributed by atoms with Gasteiger partial charge >= 0.3 is 0 Å². The van der Waals surface area contributed by atoms with Gasteiger partial charge in [-0.1, -0.05) is 13.8 Å². The lowest BCUT2D eigenvalue weighted by atomic mass is 10.1. The summed E-state index contributed by atoms with van der Waals surface area (Å²) < 4.78 is 16.3. The van der Waals surface area contributed by atoms with Gasteiger partial charge in [-0.15, -0.1) is 0 Å². The van der Waals surface area contributed by atoms with Gasteiger partial charge in [0.05, 0.1) is 13.2 Å². The van der Waals surface area contributed by atoms with Gasteiger partial charge in [-0.2, -0.15) is 0 Å². The average molecular weight is 147 g/mol. The second kappa shape index (κ2) is 7.00. The van der Waals surface area contributed by atoms with Crippen molar-refractivity contribution in [1.29, 1.82) is 0 Å². The van der Waals surface area contributed by atoms with Gasteiger partial charge < -0.3 is 4.74 Å². The molecule has 0 N–H and O–H groups in total. The van der Waals surface area contributed by atoms with Crippen LogP contribution in [0.1, 0.15) is 26.7 Å². The molecule has 0 aliphatic rings. The predicted octanol–water partition coefficient (Wildman–Crippen LogP) is 2.57. The fourth-order valence-corrected chi connectivity index (χ4v) is 0.613. The van der Waals surface area contributed by atoms with Gasteiger partial charge in [0.15, 0.2) is 0 Å². The normalized spacial score (nSPS) is 10.8. The van der Waals surface area contributed by atoms with E-state index in [9.17, 15) is 4.39 Å². The smallest absolute Gasteiger partial charge is 0.113 e. The third-order valence-corrected chi connectivity index (χ3v) is 1.17. The highest BCUT2D eigenvalue weighted by Gasteiger charge is 1.93. The Hall–Kier alpha value is -0.110. The molecule has 0 heterocycles. The number of ether oxygens (including phenoxy) is 1. The Morgan fingerprint density at radius 2 is 2.20 bits per heavy atom. The lowest BCUT2D eigenvalue weighted by molar-refractivity contribution is 0.167. The Morgan fingerprint density at radius 1 is 1.50 bits per heavy atom.